The van der Waals surface area contributed by atoms with Crippen LogP contribution in [0, 0.1) is 6.92 Å². The van der Waals surface area contributed by atoms with Crippen molar-refractivity contribution < 1.29 is 9.53 Å². The van der Waals surface area contributed by atoms with Crippen LogP contribution in [0.1, 0.15) is 22.3 Å². The van der Waals surface area contributed by atoms with Crippen LogP contribution in [-0.4, -0.2) is 15.1 Å². The summed E-state index contributed by atoms with van der Waals surface area (Å²) in [5.41, 5.74) is 4.31. The van der Waals surface area contributed by atoms with Gasteiger partial charge in [-0.3, -0.25) is 9.69 Å². The molecular formula is C25H21NO2S2. The highest BCUT2D eigenvalue weighted by atomic mass is 32.2. The number of hydrogen-bond acceptors (Lipinski definition) is 4. The van der Waals surface area contributed by atoms with Crippen LogP contribution >= 0.6 is 24.0 Å². The molecule has 1 fully saturated rings. The van der Waals surface area contributed by atoms with Crippen molar-refractivity contribution in [1.29, 1.82) is 0 Å². The van der Waals surface area contributed by atoms with Crippen LogP contribution in [0.25, 0.3) is 6.08 Å². The molecule has 0 saturated carbocycles. The molecule has 1 aliphatic heterocycles. The third kappa shape index (κ3) is 4.99. The van der Waals surface area contributed by atoms with E-state index in [1.165, 1.54) is 17.3 Å². The lowest BCUT2D eigenvalue weighted by molar-refractivity contribution is -0.122. The Morgan fingerprint density at radius 3 is 2.53 bits per heavy atom. The molecule has 3 nitrogen and oxygen atoms in total. The van der Waals surface area contributed by atoms with E-state index in [1.54, 1.807) is 4.90 Å². The smallest absolute Gasteiger partial charge is 0.266 e. The van der Waals surface area contributed by atoms with Gasteiger partial charge in [-0.15, -0.1) is 0 Å². The minimum Gasteiger partial charge on any atom is -0.489 e. The SMILES string of the molecule is Cc1cccc(COc2cccc(/C=C3/SC(=S)N(Cc4ccccc4)C3=O)c2)c1. The zero-order chi connectivity index (χ0) is 20.9. The van der Waals surface area contributed by atoms with Crippen LogP contribution in [-0.2, 0) is 17.9 Å². The predicted octanol–water partition coefficient (Wildman–Crippen LogP) is 5.98. The zero-order valence-corrected chi connectivity index (χ0v) is 18.2. The fourth-order valence-electron chi connectivity index (χ4n) is 3.22. The van der Waals surface area contributed by atoms with Gasteiger partial charge in [0.15, 0.2) is 0 Å². The third-order valence-electron chi connectivity index (χ3n) is 4.70. The Kier molecular flexibility index (Phi) is 6.31. The van der Waals surface area contributed by atoms with E-state index in [1.807, 2.05) is 66.7 Å². The molecule has 1 amide bonds. The number of nitrogens with zero attached hydrogens (tertiary/aromatic N) is 1. The molecule has 0 atom stereocenters. The second kappa shape index (κ2) is 9.28. The number of carbonyl (C=O) groups excluding carboxylic acids is 1. The Balaban J connectivity index is 1.46. The van der Waals surface area contributed by atoms with Crippen molar-refractivity contribution in [3.8, 4) is 5.75 Å². The Bertz CT molecular complexity index is 1110. The molecule has 0 radical (unpaired) electrons. The first kappa shape index (κ1) is 20.4. The first-order chi connectivity index (χ1) is 14.6. The lowest BCUT2D eigenvalue weighted by atomic mass is 10.1. The molecule has 1 heterocycles. The number of hydrogen-bond donors (Lipinski definition) is 0. The fourth-order valence-corrected chi connectivity index (χ4v) is 4.47. The molecule has 5 heteroatoms. The molecule has 0 aliphatic carbocycles. The summed E-state index contributed by atoms with van der Waals surface area (Å²) in [6, 6.07) is 25.9. The fraction of sp³-hybridized carbons (Fsp3) is 0.120. The summed E-state index contributed by atoms with van der Waals surface area (Å²) in [5.74, 6) is 0.713. The quantitative estimate of drug-likeness (QED) is 0.355. The number of thioether (sulfide) groups is 1. The molecule has 3 aromatic rings. The number of thiocarbonyl (C=S) groups is 1. The lowest BCUT2D eigenvalue weighted by Crippen LogP contribution is -2.27. The topological polar surface area (TPSA) is 29.5 Å². The highest BCUT2D eigenvalue weighted by Gasteiger charge is 2.31. The average Bonchev–Trinajstić information content (AvgIpc) is 3.01. The summed E-state index contributed by atoms with van der Waals surface area (Å²) in [7, 11) is 0. The Hall–Kier alpha value is -2.89. The molecule has 150 valence electrons. The van der Waals surface area contributed by atoms with Gasteiger partial charge in [-0.05, 0) is 41.8 Å². The molecule has 0 aromatic heterocycles. The molecule has 3 aromatic carbocycles. The standard InChI is InChI=1S/C25H21NO2S2/c1-18-7-5-11-21(13-18)17-28-22-12-6-10-20(14-22)15-23-24(27)26(25(29)30-23)16-19-8-3-2-4-9-19/h2-15H,16-17H2,1H3/b23-15+. The molecule has 0 unspecified atom stereocenters. The van der Waals surface area contributed by atoms with Gasteiger partial charge in [-0.1, -0.05) is 96.3 Å². The normalized spacial score (nSPS) is 15.1. The number of benzene rings is 3. The first-order valence-corrected chi connectivity index (χ1v) is 10.9. The summed E-state index contributed by atoms with van der Waals surface area (Å²) in [6.45, 7) is 3.06. The summed E-state index contributed by atoms with van der Waals surface area (Å²) >= 11 is 6.79. The zero-order valence-electron chi connectivity index (χ0n) is 16.6. The highest BCUT2D eigenvalue weighted by molar-refractivity contribution is 8.26. The Labute approximate surface area is 186 Å². The van der Waals surface area contributed by atoms with Crippen molar-refractivity contribution >= 4 is 40.3 Å². The summed E-state index contributed by atoms with van der Waals surface area (Å²) in [6.07, 6.45) is 1.88. The second-order valence-corrected chi connectivity index (χ2v) is 8.78. The molecule has 0 spiro atoms. The van der Waals surface area contributed by atoms with E-state index in [-0.39, 0.29) is 5.91 Å². The van der Waals surface area contributed by atoms with Crippen molar-refractivity contribution in [1.82, 2.24) is 4.90 Å². The highest BCUT2D eigenvalue weighted by Crippen LogP contribution is 2.34. The maximum atomic E-state index is 12.9. The van der Waals surface area contributed by atoms with E-state index in [4.69, 9.17) is 17.0 Å². The minimum absolute atomic E-state index is 0.0556. The van der Waals surface area contributed by atoms with Crippen LogP contribution in [0.15, 0.2) is 83.8 Å². The molecule has 4 rings (SSSR count). The van der Waals surface area contributed by atoms with Crippen LogP contribution < -0.4 is 4.74 Å². The summed E-state index contributed by atoms with van der Waals surface area (Å²) in [5, 5.41) is 0. The maximum Gasteiger partial charge on any atom is 0.266 e. The van der Waals surface area contributed by atoms with Gasteiger partial charge >= 0.3 is 0 Å². The predicted molar refractivity (Wildman–Crippen MR) is 127 cm³/mol. The van der Waals surface area contributed by atoms with Gasteiger partial charge in [0.2, 0.25) is 0 Å². The second-order valence-electron chi connectivity index (χ2n) is 7.10. The molecular weight excluding hydrogens is 410 g/mol. The number of rotatable bonds is 6. The van der Waals surface area contributed by atoms with Crippen molar-refractivity contribution in [2.24, 2.45) is 0 Å². The van der Waals surface area contributed by atoms with Gasteiger partial charge in [0.1, 0.15) is 16.7 Å². The third-order valence-corrected chi connectivity index (χ3v) is 6.08. The van der Waals surface area contributed by atoms with Crippen molar-refractivity contribution in [3.05, 3.63) is 106 Å². The van der Waals surface area contributed by atoms with Gasteiger partial charge in [0, 0.05) is 0 Å². The van der Waals surface area contributed by atoms with E-state index in [0.717, 1.165) is 22.4 Å². The summed E-state index contributed by atoms with van der Waals surface area (Å²) < 4.78 is 6.53. The van der Waals surface area contributed by atoms with Crippen molar-refractivity contribution in [2.75, 3.05) is 0 Å². The van der Waals surface area contributed by atoms with E-state index in [0.29, 0.717) is 22.4 Å². The van der Waals surface area contributed by atoms with E-state index in [2.05, 4.69) is 25.1 Å². The van der Waals surface area contributed by atoms with Crippen LogP contribution in [0.3, 0.4) is 0 Å². The molecule has 30 heavy (non-hydrogen) atoms. The molecule has 0 N–H and O–H groups in total. The van der Waals surface area contributed by atoms with E-state index < -0.39 is 0 Å². The van der Waals surface area contributed by atoms with Crippen molar-refractivity contribution in [3.63, 3.8) is 0 Å². The monoisotopic (exact) mass is 431 g/mol. The van der Waals surface area contributed by atoms with Gasteiger partial charge in [-0.2, -0.15) is 0 Å². The Morgan fingerprint density at radius 2 is 1.73 bits per heavy atom. The minimum atomic E-state index is -0.0556. The van der Waals surface area contributed by atoms with Crippen molar-refractivity contribution in [2.45, 2.75) is 20.1 Å². The molecule has 1 aliphatic rings. The van der Waals surface area contributed by atoms with Gasteiger partial charge < -0.3 is 4.74 Å². The first-order valence-electron chi connectivity index (χ1n) is 9.66. The van der Waals surface area contributed by atoms with Gasteiger partial charge in [0.05, 0.1) is 11.4 Å². The lowest BCUT2D eigenvalue weighted by Gasteiger charge is -2.14. The molecule has 0 bridgehead atoms. The van der Waals surface area contributed by atoms with E-state index >= 15 is 0 Å². The van der Waals surface area contributed by atoms with Gasteiger partial charge in [0.25, 0.3) is 5.91 Å². The average molecular weight is 432 g/mol. The number of amides is 1. The number of aryl methyl sites for hydroxylation is 1. The summed E-state index contributed by atoms with van der Waals surface area (Å²) in [4.78, 5) is 15.2. The maximum absolute atomic E-state index is 12.9. The molecule has 1 saturated heterocycles. The number of ether oxygens (including phenoxy) is 1. The van der Waals surface area contributed by atoms with E-state index in [9.17, 15) is 4.79 Å². The van der Waals surface area contributed by atoms with Crippen LogP contribution in [0.2, 0.25) is 0 Å². The van der Waals surface area contributed by atoms with Gasteiger partial charge in [-0.25, -0.2) is 0 Å². The number of carbonyl (C=O) groups is 1. The van der Waals surface area contributed by atoms with Crippen LogP contribution in [0.4, 0.5) is 0 Å². The Morgan fingerprint density at radius 1 is 0.967 bits per heavy atom. The largest absolute Gasteiger partial charge is 0.489 e. The van der Waals surface area contributed by atoms with Crippen LogP contribution in [0.5, 0.6) is 5.75 Å².